The predicted molar refractivity (Wildman–Crippen MR) is 66.9 cm³/mol. The van der Waals surface area contributed by atoms with Crippen molar-refractivity contribution in [1.82, 2.24) is 9.47 Å². The molecule has 0 atom stereocenters. The molecule has 0 aromatic carbocycles. The average molecular weight is 232 g/mol. The number of carbonyl (C=O) groups excluding carboxylic acids is 1. The van der Waals surface area contributed by atoms with Gasteiger partial charge in [0.2, 0.25) is 0 Å². The Hall–Kier alpha value is -1.25. The highest BCUT2D eigenvalue weighted by Crippen LogP contribution is 2.39. The van der Waals surface area contributed by atoms with Gasteiger partial charge < -0.3 is 9.47 Å². The molecule has 17 heavy (non-hydrogen) atoms. The van der Waals surface area contributed by atoms with Crippen molar-refractivity contribution in [3.05, 3.63) is 23.0 Å². The monoisotopic (exact) mass is 232 g/mol. The lowest BCUT2D eigenvalue weighted by molar-refractivity contribution is 0.0729. The van der Waals surface area contributed by atoms with Gasteiger partial charge in [-0.05, 0) is 25.7 Å². The minimum absolute atomic E-state index is 0.217. The maximum atomic E-state index is 12.2. The van der Waals surface area contributed by atoms with Crippen molar-refractivity contribution in [3.8, 4) is 0 Å². The van der Waals surface area contributed by atoms with Crippen LogP contribution in [0.25, 0.3) is 0 Å². The third kappa shape index (κ3) is 1.44. The lowest BCUT2D eigenvalue weighted by Crippen LogP contribution is -2.31. The van der Waals surface area contributed by atoms with E-state index in [-0.39, 0.29) is 5.91 Å². The zero-order valence-corrected chi connectivity index (χ0v) is 11.1. The molecule has 1 amide bonds. The van der Waals surface area contributed by atoms with Crippen molar-refractivity contribution in [2.45, 2.75) is 53.2 Å². The van der Waals surface area contributed by atoms with E-state index in [9.17, 15) is 4.79 Å². The van der Waals surface area contributed by atoms with Crippen molar-refractivity contribution in [1.29, 1.82) is 0 Å². The molecule has 3 rings (SSSR count). The molecule has 1 aromatic heterocycles. The number of carbonyl (C=O) groups is 1. The van der Waals surface area contributed by atoms with E-state index in [0.29, 0.717) is 11.5 Å². The fourth-order valence-corrected chi connectivity index (χ4v) is 3.13. The van der Waals surface area contributed by atoms with Crippen LogP contribution >= 0.6 is 0 Å². The summed E-state index contributed by atoms with van der Waals surface area (Å²) in [7, 11) is 0. The van der Waals surface area contributed by atoms with Crippen molar-refractivity contribution in [3.63, 3.8) is 0 Å². The van der Waals surface area contributed by atoms with Gasteiger partial charge in [0.1, 0.15) is 0 Å². The fourth-order valence-electron chi connectivity index (χ4n) is 3.13. The Bertz CT molecular complexity index is 497. The van der Waals surface area contributed by atoms with E-state index in [4.69, 9.17) is 0 Å². The number of hydrogen-bond donors (Lipinski definition) is 0. The Morgan fingerprint density at radius 3 is 2.71 bits per heavy atom. The molecule has 3 heterocycles. The van der Waals surface area contributed by atoms with Crippen LogP contribution in [0.1, 0.15) is 49.3 Å². The molecule has 0 unspecified atom stereocenters. The number of aromatic nitrogens is 1. The van der Waals surface area contributed by atoms with Gasteiger partial charge in [-0.15, -0.1) is 0 Å². The molecule has 0 N–H and O–H groups in total. The molecule has 92 valence electrons. The van der Waals surface area contributed by atoms with E-state index in [0.717, 1.165) is 25.1 Å². The molecule has 0 aliphatic carbocycles. The van der Waals surface area contributed by atoms with Gasteiger partial charge in [0, 0.05) is 36.6 Å². The molecule has 0 saturated carbocycles. The van der Waals surface area contributed by atoms with E-state index in [1.54, 1.807) is 0 Å². The number of nitrogens with zero attached hydrogens (tertiary/aromatic N) is 2. The van der Waals surface area contributed by atoms with Crippen molar-refractivity contribution in [2.24, 2.45) is 5.41 Å². The fraction of sp³-hybridized carbons (Fsp3) is 0.643. The summed E-state index contributed by atoms with van der Waals surface area (Å²) in [6, 6.07) is 0.296. The minimum Gasteiger partial charge on any atom is -0.350 e. The quantitative estimate of drug-likeness (QED) is 0.730. The molecule has 2 aliphatic heterocycles. The van der Waals surface area contributed by atoms with Crippen LogP contribution in [-0.4, -0.2) is 21.4 Å². The van der Waals surface area contributed by atoms with Crippen molar-refractivity contribution in [2.75, 3.05) is 0 Å². The highest BCUT2D eigenvalue weighted by atomic mass is 16.2. The van der Waals surface area contributed by atoms with Gasteiger partial charge in [-0.2, -0.15) is 0 Å². The normalized spacial score (nSPS) is 21.2. The minimum atomic E-state index is 0.217. The van der Waals surface area contributed by atoms with Gasteiger partial charge in [0.25, 0.3) is 5.91 Å². The summed E-state index contributed by atoms with van der Waals surface area (Å²) in [5.74, 6) is 0.217. The van der Waals surface area contributed by atoms with Crippen molar-refractivity contribution < 1.29 is 4.79 Å². The van der Waals surface area contributed by atoms with Gasteiger partial charge in [-0.1, -0.05) is 13.8 Å². The van der Waals surface area contributed by atoms with Crippen LogP contribution in [0.2, 0.25) is 0 Å². The summed E-state index contributed by atoms with van der Waals surface area (Å²) in [5.41, 5.74) is 3.97. The van der Waals surface area contributed by atoms with Gasteiger partial charge in [-0.25, -0.2) is 0 Å². The zero-order chi connectivity index (χ0) is 12.4. The lowest BCUT2D eigenvalue weighted by Gasteiger charge is -2.20. The molecule has 3 nitrogen and oxygen atoms in total. The number of amides is 1. The lowest BCUT2D eigenvalue weighted by atomic mass is 9.90. The van der Waals surface area contributed by atoms with Gasteiger partial charge >= 0.3 is 0 Å². The second-order valence-corrected chi connectivity index (χ2v) is 6.46. The van der Waals surface area contributed by atoms with Crippen LogP contribution in [0.5, 0.6) is 0 Å². The Morgan fingerprint density at radius 1 is 1.35 bits per heavy atom. The van der Waals surface area contributed by atoms with Crippen LogP contribution in [0.4, 0.5) is 0 Å². The van der Waals surface area contributed by atoms with Gasteiger partial charge in [0.05, 0.1) is 5.56 Å². The molecular weight excluding hydrogens is 212 g/mol. The third-order valence-corrected chi connectivity index (χ3v) is 3.99. The number of hydrogen-bond acceptors (Lipinski definition) is 1. The van der Waals surface area contributed by atoms with E-state index < -0.39 is 0 Å². The average Bonchev–Trinajstić information content (AvgIpc) is 2.75. The first-order chi connectivity index (χ1) is 7.89. The molecule has 0 spiro atoms. The van der Waals surface area contributed by atoms with Gasteiger partial charge in [-0.3, -0.25) is 4.79 Å². The Kier molecular flexibility index (Phi) is 2.02. The smallest absolute Gasteiger partial charge is 0.256 e. The van der Waals surface area contributed by atoms with E-state index in [1.807, 2.05) is 4.90 Å². The molecule has 0 radical (unpaired) electrons. The third-order valence-electron chi connectivity index (χ3n) is 3.99. The largest absolute Gasteiger partial charge is 0.350 e. The molecule has 3 heteroatoms. The molecular formula is C14H20N2O. The molecule has 0 bridgehead atoms. The zero-order valence-electron chi connectivity index (χ0n) is 11.1. The first-order valence-corrected chi connectivity index (χ1v) is 6.41. The summed E-state index contributed by atoms with van der Waals surface area (Å²) >= 11 is 0. The second kappa shape index (κ2) is 3.15. The van der Waals surface area contributed by atoms with E-state index in [2.05, 4.69) is 38.5 Å². The molecule has 2 aliphatic rings. The SMILES string of the molecule is CC(C)N1Cc2c(cn3c2CC(C)(C)C3)C1=O. The summed E-state index contributed by atoms with van der Waals surface area (Å²) in [4.78, 5) is 14.2. The van der Waals surface area contributed by atoms with E-state index >= 15 is 0 Å². The standard InChI is InChI=1S/C14H20N2O/c1-9(2)16-7-10-11(13(16)17)6-15-8-14(3,4)5-12(10)15/h6,9H,5,7-8H2,1-4H3. The number of fused-ring (bicyclic) bond motifs is 3. The highest BCUT2D eigenvalue weighted by Gasteiger charge is 2.38. The summed E-state index contributed by atoms with van der Waals surface area (Å²) < 4.78 is 2.29. The Balaban J connectivity index is 2.00. The van der Waals surface area contributed by atoms with Crippen LogP contribution in [0.3, 0.4) is 0 Å². The maximum Gasteiger partial charge on any atom is 0.256 e. The van der Waals surface area contributed by atoms with Crippen LogP contribution in [0.15, 0.2) is 6.20 Å². The Morgan fingerprint density at radius 2 is 2.06 bits per heavy atom. The first-order valence-electron chi connectivity index (χ1n) is 6.41. The molecule has 0 saturated heterocycles. The molecule has 1 aromatic rings. The molecule has 0 fully saturated rings. The summed E-state index contributed by atoms with van der Waals surface area (Å²) in [6.07, 6.45) is 3.17. The van der Waals surface area contributed by atoms with Crippen LogP contribution in [0, 0.1) is 5.41 Å². The summed E-state index contributed by atoms with van der Waals surface area (Å²) in [6.45, 7) is 10.6. The topological polar surface area (TPSA) is 25.2 Å². The second-order valence-electron chi connectivity index (χ2n) is 6.46. The van der Waals surface area contributed by atoms with Crippen molar-refractivity contribution >= 4 is 5.91 Å². The maximum absolute atomic E-state index is 12.2. The van der Waals surface area contributed by atoms with Gasteiger partial charge in [0.15, 0.2) is 0 Å². The summed E-state index contributed by atoms with van der Waals surface area (Å²) in [5, 5.41) is 0. The van der Waals surface area contributed by atoms with E-state index in [1.165, 1.54) is 11.3 Å². The predicted octanol–water partition coefficient (Wildman–Crippen LogP) is 2.43. The van der Waals surface area contributed by atoms with Crippen LogP contribution in [-0.2, 0) is 19.5 Å². The first kappa shape index (κ1) is 10.9. The Labute approximate surface area is 102 Å². The number of rotatable bonds is 1. The highest BCUT2D eigenvalue weighted by molar-refractivity contribution is 5.99. The van der Waals surface area contributed by atoms with Crippen LogP contribution < -0.4 is 0 Å².